The first-order chi connectivity index (χ1) is 39.5. The fourth-order valence-corrected chi connectivity index (χ4v) is 9.15. The van der Waals surface area contributed by atoms with Gasteiger partial charge in [-0.25, -0.2) is 0 Å². The van der Waals surface area contributed by atoms with E-state index in [4.69, 9.17) is 14.2 Å². The quantitative estimate of drug-likeness (QED) is 0.0261. The summed E-state index contributed by atoms with van der Waals surface area (Å²) in [6.45, 7) is 6.48. The zero-order valence-corrected chi connectivity index (χ0v) is 52.3. The summed E-state index contributed by atoms with van der Waals surface area (Å²) in [4.78, 5) is 38.4. The van der Waals surface area contributed by atoms with Crippen LogP contribution < -0.4 is 0 Å². The molecule has 0 aromatic carbocycles. The summed E-state index contributed by atoms with van der Waals surface area (Å²) in [7, 11) is 0. The van der Waals surface area contributed by atoms with Crippen LogP contribution in [0.15, 0.2) is 122 Å². The van der Waals surface area contributed by atoms with Crippen molar-refractivity contribution in [1.82, 2.24) is 0 Å². The zero-order valence-electron chi connectivity index (χ0n) is 52.3. The average molecular weight is 1110 g/mol. The van der Waals surface area contributed by atoms with Crippen LogP contribution in [-0.4, -0.2) is 37.2 Å². The van der Waals surface area contributed by atoms with Crippen LogP contribution in [0.2, 0.25) is 0 Å². The number of hydrogen-bond acceptors (Lipinski definition) is 6. The lowest BCUT2D eigenvalue weighted by Crippen LogP contribution is -2.30. The fourth-order valence-electron chi connectivity index (χ4n) is 9.15. The Hall–Kier alpha value is -4.19. The predicted molar refractivity (Wildman–Crippen MR) is 348 cm³/mol. The lowest BCUT2D eigenvalue weighted by atomic mass is 10.1. The van der Waals surface area contributed by atoms with Crippen molar-refractivity contribution in [1.29, 1.82) is 0 Å². The first-order valence-electron chi connectivity index (χ1n) is 33.5. The maximum atomic E-state index is 12.9. The molecule has 0 spiro atoms. The third kappa shape index (κ3) is 64.6. The van der Waals surface area contributed by atoms with Crippen molar-refractivity contribution in [2.45, 2.75) is 316 Å². The highest BCUT2D eigenvalue weighted by Gasteiger charge is 2.19. The molecule has 0 aliphatic heterocycles. The molecule has 0 amide bonds. The molecule has 6 heteroatoms. The van der Waals surface area contributed by atoms with Gasteiger partial charge in [0.2, 0.25) is 0 Å². The molecule has 0 aromatic rings. The van der Waals surface area contributed by atoms with Gasteiger partial charge in [-0.05, 0) is 135 Å². The molecule has 0 heterocycles. The number of carbonyl (C=O) groups is 3. The third-order valence-electron chi connectivity index (χ3n) is 14.2. The summed E-state index contributed by atoms with van der Waals surface area (Å²) in [5, 5.41) is 0. The molecule has 1 atom stereocenters. The Labute approximate surface area is 494 Å². The topological polar surface area (TPSA) is 78.9 Å². The predicted octanol–water partition coefficient (Wildman–Crippen LogP) is 23.2. The van der Waals surface area contributed by atoms with E-state index >= 15 is 0 Å². The molecule has 0 fully saturated rings. The van der Waals surface area contributed by atoms with E-state index in [1.807, 2.05) is 0 Å². The minimum Gasteiger partial charge on any atom is -0.462 e. The summed E-state index contributed by atoms with van der Waals surface area (Å²) in [5.74, 6) is -0.909. The van der Waals surface area contributed by atoms with Crippen LogP contribution in [0.1, 0.15) is 310 Å². The molecule has 1 unspecified atom stereocenters. The summed E-state index contributed by atoms with van der Waals surface area (Å²) < 4.78 is 17.0. The van der Waals surface area contributed by atoms with Crippen LogP contribution in [0.4, 0.5) is 0 Å². The van der Waals surface area contributed by atoms with Crippen molar-refractivity contribution in [3.8, 4) is 0 Å². The highest BCUT2D eigenvalue weighted by atomic mass is 16.6. The van der Waals surface area contributed by atoms with Crippen LogP contribution >= 0.6 is 0 Å². The maximum Gasteiger partial charge on any atom is 0.306 e. The van der Waals surface area contributed by atoms with Crippen molar-refractivity contribution in [3.05, 3.63) is 122 Å². The van der Waals surface area contributed by atoms with E-state index in [2.05, 4.69) is 142 Å². The Bertz CT molecular complexity index is 1650. The molecule has 0 rings (SSSR count). The second kappa shape index (κ2) is 67.3. The lowest BCUT2D eigenvalue weighted by Gasteiger charge is -2.18. The molecular weight excluding hydrogens is 985 g/mol. The molecular formula is C74H124O6. The van der Waals surface area contributed by atoms with Crippen LogP contribution in [0.25, 0.3) is 0 Å². The smallest absolute Gasteiger partial charge is 0.306 e. The normalized spacial score (nSPS) is 12.9. The Kier molecular flexibility index (Phi) is 63.8. The van der Waals surface area contributed by atoms with Gasteiger partial charge in [0, 0.05) is 19.3 Å². The van der Waals surface area contributed by atoms with E-state index in [-0.39, 0.29) is 31.1 Å². The summed E-state index contributed by atoms with van der Waals surface area (Å²) >= 11 is 0. The fraction of sp³-hybridized carbons (Fsp3) is 0.689. The molecule has 80 heavy (non-hydrogen) atoms. The van der Waals surface area contributed by atoms with Crippen LogP contribution in [-0.2, 0) is 28.6 Å². The van der Waals surface area contributed by atoms with Gasteiger partial charge in [-0.1, -0.05) is 277 Å². The molecule has 456 valence electrons. The first kappa shape index (κ1) is 75.8. The summed E-state index contributed by atoms with van der Waals surface area (Å²) in [6.07, 6.45) is 93.4. The van der Waals surface area contributed by atoms with Crippen molar-refractivity contribution in [3.63, 3.8) is 0 Å². The van der Waals surface area contributed by atoms with Crippen molar-refractivity contribution >= 4 is 17.9 Å². The number of rotatable bonds is 60. The molecule has 0 saturated heterocycles. The van der Waals surface area contributed by atoms with E-state index in [0.717, 1.165) is 135 Å². The largest absolute Gasteiger partial charge is 0.462 e. The van der Waals surface area contributed by atoms with E-state index in [9.17, 15) is 14.4 Å². The highest BCUT2D eigenvalue weighted by Crippen LogP contribution is 2.15. The standard InChI is InChI=1S/C74H124O6/c1-4-7-10-13-16-19-22-25-28-31-34-35-36-37-38-39-41-43-46-49-52-55-58-61-64-67-73(76)79-70-71(69-78-72(75)66-63-60-57-54-51-48-45-42-33-30-27-24-21-18-15-12-9-6-3)80-74(77)68-65-62-59-56-53-50-47-44-40-32-29-26-23-20-17-14-11-8-5-2/h7,10,16-17,19-21,24-26,28-30,33-35,37-38,40,44,71H,4-6,8-9,11-15,18,22-23,27,31-32,36,39,41-43,45-70H2,1-3H3/b10-7-,19-16-,20-17-,24-21-,28-25-,29-26-,33-30-,35-34-,38-37-,44-40-. The second-order valence-electron chi connectivity index (χ2n) is 22.0. The average Bonchev–Trinajstić information content (AvgIpc) is 3.46. The van der Waals surface area contributed by atoms with Gasteiger partial charge in [0.1, 0.15) is 13.2 Å². The molecule has 0 aliphatic rings. The van der Waals surface area contributed by atoms with Gasteiger partial charge in [-0.15, -0.1) is 0 Å². The molecule has 0 bridgehead atoms. The van der Waals surface area contributed by atoms with Crippen molar-refractivity contribution in [2.24, 2.45) is 0 Å². The zero-order chi connectivity index (χ0) is 57.8. The van der Waals surface area contributed by atoms with Gasteiger partial charge in [-0.2, -0.15) is 0 Å². The molecule has 6 nitrogen and oxygen atoms in total. The van der Waals surface area contributed by atoms with Gasteiger partial charge >= 0.3 is 17.9 Å². The Morgan fingerprint density at radius 2 is 0.487 bits per heavy atom. The van der Waals surface area contributed by atoms with Gasteiger partial charge < -0.3 is 14.2 Å². The maximum absolute atomic E-state index is 12.9. The third-order valence-corrected chi connectivity index (χ3v) is 14.2. The summed E-state index contributed by atoms with van der Waals surface area (Å²) in [5.41, 5.74) is 0. The number of unbranched alkanes of at least 4 members (excludes halogenated alkanes) is 29. The van der Waals surface area contributed by atoms with E-state index in [0.29, 0.717) is 19.3 Å². The Balaban J connectivity index is 4.42. The van der Waals surface area contributed by atoms with Crippen LogP contribution in [0.3, 0.4) is 0 Å². The van der Waals surface area contributed by atoms with Crippen molar-refractivity contribution < 1.29 is 28.6 Å². The number of carbonyl (C=O) groups excluding carboxylic acids is 3. The lowest BCUT2D eigenvalue weighted by molar-refractivity contribution is -0.167. The van der Waals surface area contributed by atoms with Gasteiger partial charge in [-0.3, -0.25) is 14.4 Å². The molecule has 0 N–H and O–H groups in total. The SMILES string of the molecule is CC/C=C\C/C=C\C/C=C\C/C=C\C/C=C\CCCCCCCCCCCC(=O)OCC(COC(=O)CCCCCCCCC/C=C\C/C=C\CCCCCC)OC(=O)CCCCCCCC/C=C\C/C=C\C/C=C\CCCCC. The van der Waals surface area contributed by atoms with Crippen molar-refractivity contribution in [2.75, 3.05) is 13.2 Å². The van der Waals surface area contributed by atoms with Crippen LogP contribution in [0, 0.1) is 0 Å². The first-order valence-corrected chi connectivity index (χ1v) is 33.5. The number of esters is 3. The number of allylic oxidation sites excluding steroid dienone is 20. The van der Waals surface area contributed by atoms with Gasteiger partial charge in [0.05, 0.1) is 0 Å². The minimum absolute atomic E-state index is 0.0910. The van der Waals surface area contributed by atoms with Crippen LogP contribution in [0.5, 0.6) is 0 Å². The second-order valence-corrected chi connectivity index (χ2v) is 22.0. The van der Waals surface area contributed by atoms with Gasteiger partial charge in [0.15, 0.2) is 6.10 Å². The van der Waals surface area contributed by atoms with Gasteiger partial charge in [0.25, 0.3) is 0 Å². The minimum atomic E-state index is -0.796. The highest BCUT2D eigenvalue weighted by molar-refractivity contribution is 5.71. The molecule has 0 aromatic heterocycles. The van der Waals surface area contributed by atoms with E-state index < -0.39 is 6.10 Å². The van der Waals surface area contributed by atoms with E-state index in [1.165, 1.54) is 135 Å². The monoisotopic (exact) mass is 1110 g/mol. The van der Waals surface area contributed by atoms with E-state index in [1.54, 1.807) is 0 Å². The molecule has 0 saturated carbocycles. The Morgan fingerprint density at radius 1 is 0.263 bits per heavy atom. The summed E-state index contributed by atoms with van der Waals surface area (Å²) in [6, 6.07) is 0. The molecule has 0 radical (unpaired) electrons. The Morgan fingerprint density at radius 3 is 0.787 bits per heavy atom. The number of hydrogen-bond donors (Lipinski definition) is 0. The molecule has 0 aliphatic carbocycles. The number of ether oxygens (including phenoxy) is 3.